The van der Waals surface area contributed by atoms with Crippen LogP contribution < -0.4 is 5.32 Å². The molecule has 0 aliphatic heterocycles. The summed E-state index contributed by atoms with van der Waals surface area (Å²) in [5.41, 5.74) is -1.33. The summed E-state index contributed by atoms with van der Waals surface area (Å²) in [7, 11) is 0. The lowest BCUT2D eigenvalue weighted by Crippen LogP contribution is -2.43. The van der Waals surface area contributed by atoms with E-state index in [0.29, 0.717) is 24.7 Å². The predicted molar refractivity (Wildman–Crippen MR) is 65.1 cm³/mol. The molecule has 0 bridgehead atoms. The standard InChI is InChI=1S/C13H21NO4/c1-12(2,3)18-11(17)14-7-13(10(15)16)5-8-4-9(8)6-13/h8-9H,4-7H2,1-3H3,(H,14,17)(H,15,16). The number of rotatable bonds is 3. The molecule has 2 atom stereocenters. The van der Waals surface area contributed by atoms with Crippen LogP contribution in [0.25, 0.3) is 0 Å². The number of amides is 1. The highest BCUT2D eigenvalue weighted by Crippen LogP contribution is 2.59. The van der Waals surface area contributed by atoms with Gasteiger partial charge in [0.05, 0.1) is 5.41 Å². The smallest absolute Gasteiger partial charge is 0.407 e. The molecule has 0 aromatic heterocycles. The van der Waals surface area contributed by atoms with E-state index in [2.05, 4.69) is 5.32 Å². The zero-order valence-electron chi connectivity index (χ0n) is 11.2. The van der Waals surface area contributed by atoms with Crippen LogP contribution in [0.4, 0.5) is 4.79 Å². The number of carboxylic acid groups (broad SMARTS) is 1. The Morgan fingerprint density at radius 1 is 1.33 bits per heavy atom. The van der Waals surface area contributed by atoms with Crippen LogP contribution in [0.2, 0.25) is 0 Å². The van der Waals surface area contributed by atoms with Crippen molar-refractivity contribution in [2.75, 3.05) is 6.54 Å². The number of hydrogen-bond donors (Lipinski definition) is 2. The van der Waals surface area contributed by atoms with Crippen LogP contribution in [0.1, 0.15) is 40.0 Å². The fourth-order valence-corrected chi connectivity index (χ4v) is 2.85. The molecule has 0 aromatic rings. The maximum Gasteiger partial charge on any atom is 0.407 e. The van der Waals surface area contributed by atoms with Gasteiger partial charge in [0, 0.05) is 6.54 Å². The molecule has 0 saturated heterocycles. The number of carboxylic acids is 1. The molecule has 2 N–H and O–H groups in total. The fourth-order valence-electron chi connectivity index (χ4n) is 2.85. The molecule has 0 heterocycles. The van der Waals surface area contributed by atoms with E-state index in [1.807, 2.05) is 0 Å². The number of nitrogens with one attached hydrogen (secondary N) is 1. The van der Waals surface area contributed by atoms with E-state index in [1.54, 1.807) is 20.8 Å². The van der Waals surface area contributed by atoms with E-state index in [0.717, 1.165) is 6.42 Å². The quantitative estimate of drug-likeness (QED) is 0.809. The molecule has 2 aliphatic carbocycles. The molecular formula is C13H21NO4. The van der Waals surface area contributed by atoms with E-state index in [4.69, 9.17) is 4.74 Å². The van der Waals surface area contributed by atoms with Gasteiger partial charge in [-0.05, 0) is 51.9 Å². The Labute approximate surface area is 107 Å². The molecule has 5 heteroatoms. The average Bonchev–Trinajstić information content (AvgIpc) is 2.81. The van der Waals surface area contributed by atoms with Crippen molar-refractivity contribution in [2.45, 2.75) is 45.6 Å². The molecule has 5 nitrogen and oxygen atoms in total. The van der Waals surface area contributed by atoms with Crippen molar-refractivity contribution in [3.05, 3.63) is 0 Å². The zero-order valence-corrected chi connectivity index (χ0v) is 11.2. The number of alkyl carbamates (subject to hydrolysis) is 1. The molecule has 2 unspecified atom stereocenters. The van der Waals surface area contributed by atoms with E-state index in [1.165, 1.54) is 0 Å². The highest BCUT2D eigenvalue weighted by atomic mass is 16.6. The van der Waals surface area contributed by atoms with Crippen molar-refractivity contribution < 1.29 is 19.4 Å². The predicted octanol–water partition coefficient (Wildman–Crippen LogP) is 2.01. The SMILES string of the molecule is CC(C)(C)OC(=O)NCC1(C(=O)O)CC2CC2C1. The number of fused-ring (bicyclic) bond motifs is 1. The molecule has 0 radical (unpaired) electrons. The molecule has 1 amide bonds. The summed E-state index contributed by atoms with van der Waals surface area (Å²) in [5.74, 6) is 0.314. The lowest BCUT2D eigenvalue weighted by Gasteiger charge is -2.27. The summed E-state index contributed by atoms with van der Waals surface area (Å²) in [6, 6.07) is 0. The van der Waals surface area contributed by atoms with E-state index >= 15 is 0 Å². The van der Waals surface area contributed by atoms with Gasteiger partial charge in [0.15, 0.2) is 0 Å². The van der Waals surface area contributed by atoms with Crippen molar-refractivity contribution in [1.29, 1.82) is 0 Å². The minimum Gasteiger partial charge on any atom is -0.481 e. The normalized spacial score (nSPS) is 33.7. The van der Waals surface area contributed by atoms with Crippen molar-refractivity contribution >= 4 is 12.1 Å². The minimum absolute atomic E-state index is 0.171. The topological polar surface area (TPSA) is 75.6 Å². The fraction of sp³-hybridized carbons (Fsp3) is 0.846. The second-order valence-electron chi connectivity index (χ2n) is 6.61. The number of ether oxygens (including phenoxy) is 1. The first kappa shape index (κ1) is 13.2. The van der Waals surface area contributed by atoms with Crippen molar-refractivity contribution in [2.24, 2.45) is 17.3 Å². The van der Waals surface area contributed by atoms with Gasteiger partial charge in [0.25, 0.3) is 0 Å². The summed E-state index contributed by atoms with van der Waals surface area (Å²) < 4.78 is 5.12. The van der Waals surface area contributed by atoms with Crippen LogP contribution in [0, 0.1) is 17.3 Å². The Hall–Kier alpha value is -1.26. The Kier molecular flexibility index (Phi) is 3.03. The van der Waals surface area contributed by atoms with Crippen molar-refractivity contribution in [1.82, 2.24) is 5.32 Å². The van der Waals surface area contributed by atoms with E-state index < -0.39 is 23.1 Å². The van der Waals surface area contributed by atoms with Crippen molar-refractivity contribution in [3.63, 3.8) is 0 Å². The Morgan fingerprint density at radius 3 is 2.33 bits per heavy atom. The van der Waals surface area contributed by atoms with Gasteiger partial charge in [0.2, 0.25) is 0 Å². The van der Waals surface area contributed by atoms with Gasteiger partial charge in [-0.15, -0.1) is 0 Å². The maximum atomic E-state index is 11.5. The number of carbonyl (C=O) groups is 2. The first-order valence-electron chi connectivity index (χ1n) is 6.42. The van der Waals surface area contributed by atoms with Gasteiger partial charge in [-0.1, -0.05) is 0 Å². The summed E-state index contributed by atoms with van der Waals surface area (Å²) >= 11 is 0. The van der Waals surface area contributed by atoms with Crippen LogP contribution in [0.3, 0.4) is 0 Å². The second-order valence-corrected chi connectivity index (χ2v) is 6.61. The van der Waals surface area contributed by atoms with Gasteiger partial charge in [-0.3, -0.25) is 4.79 Å². The summed E-state index contributed by atoms with van der Waals surface area (Å²) in [4.78, 5) is 22.9. The number of carbonyl (C=O) groups excluding carboxylic acids is 1. The molecule has 2 fully saturated rings. The first-order valence-corrected chi connectivity index (χ1v) is 6.42. The molecule has 0 aromatic carbocycles. The van der Waals surface area contributed by atoms with Crippen LogP contribution in [0.5, 0.6) is 0 Å². The van der Waals surface area contributed by atoms with Crippen LogP contribution in [0.15, 0.2) is 0 Å². The average molecular weight is 255 g/mol. The highest BCUT2D eigenvalue weighted by Gasteiger charge is 2.57. The minimum atomic E-state index is -0.800. The second kappa shape index (κ2) is 4.14. The van der Waals surface area contributed by atoms with Gasteiger partial charge >= 0.3 is 12.1 Å². The Morgan fingerprint density at radius 2 is 1.89 bits per heavy atom. The molecule has 2 saturated carbocycles. The maximum absolute atomic E-state index is 11.5. The molecule has 2 rings (SSSR count). The highest BCUT2D eigenvalue weighted by molar-refractivity contribution is 5.77. The van der Waals surface area contributed by atoms with E-state index in [9.17, 15) is 14.7 Å². The molecule has 2 aliphatic rings. The Balaban J connectivity index is 1.88. The van der Waals surface area contributed by atoms with Crippen LogP contribution in [-0.4, -0.2) is 29.3 Å². The largest absolute Gasteiger partial charge is 0.481 e. The molecule has 18 heavy (non-hydrogen) atoms. The lowest BCUT2D eigenvalue weighted by molar-refractivity contribution is -0.148. The summed E-state index contributed by atoms with van der Waals surface area (Å²) in [6.07, 6.45) is 1.98. The molecule has 0 spiro atoms. The third-order valence-corrected chi connectivity index (χ3v) is 3.80. The van der Waals surface area contributed by atoms with Gasteiger partial charge in [-0.2, -0.15) is 0 Å². The monoisotopic (exact) mass is 255 g/mol. The third kappa shape index (κ3) is 2.76. The van der Waals surface area contributed by atoms with Crippen LogP contribution >= 0.6 is 0 Å². The summed E-state index contributed by atoms with van der Waals surface area (Å²) in [5, 5.41) is 12.0. The van der Waals surface area contributed by atoms with Gasteiger partial charge in [0.1, 0.15) is 5.60 Å². The molecular weight excluding hydrogens is 234 g/mol. The lowest BCUT2D eigenvalue weighted by atomic mass is 9.83. The van der Waals surface area contributed by atoms with E-state index in [-0.39, 0.29) is 6.54 Å². The zero-order chi connectivity index (χ0) is 13.6. The molecule has 102 valence electrons. The van der Waals surface area contributed by atoms with Crippen LogP contribution in [-0.2, 0) is 9.53 Å². The van der Waals surface area contributed by atoms with Gasteiger partial charge in [-0.25, -0.2) is 4.79 Å². The summed E-state index contributed by atoms with van der Waals surface area (Å²) in [6.45, 7) is 5.52. The Bertz CT molecular complexity index is 362. The first-order chi connectivity index (χ1) is 8.22. The van der Waals surface area contributed by atoms with Gasteiger partial charge < -0.3 is 15.2 Å². The number of aliphatic carboxylic acids is 1. The van der Waals surface area contributed by atoms with Crippen molar-refractivity contribution in [3.8, 4) is 0 Å². The number of hydrogen-bond acceptors (Lipinski definition) is 3. The third-order valence-electron chi connectivity index (χ3n) is 3.80.